The summed E-state index contributed by atoms with van der Waals surface area (Å²) in [6.07, 6.45) is 0.558. The zero-order valence-corrected chi connectivity index (χ0v) is 15.6. The summed E-state index contributed by atoms with van der Waals surface area (Å²) in [6, 6.07) is 6.96. The lowest BCUT2D eigenvalue weighted by Gasteiger charge is -2.29. The van der Waals surface area contributed by atoms with E-state index in [1.165, 1.54) is 6.07 Å². The van der Waals surface area contributed by atoms with Gasteiger partial charge in [-0.15, -0.1) is 0 Å². The first-order valence-electron chi connectivity index (χ1n) is 8.65. The van der Waals surface area contributed by atoms with Crippen molar-refractivity contribution in [2.24, 2.45) is 0 Å². The summed E-state index contributed by atoms with van der Waals surface area (Å²) >= 11 is 5.80. The van der Waals surface area contributed by atoms with Crippen LogP contribution >= 0.6 is 11.6 Å². The van der Waals surface area contributed by atoms with E-state index < -0.39 is 5.82 Å². The van der Waals surface area contributed by atoms with Crippen molar-refractivity contribution >= 4 is 23.1 Å². The van der Waals surface area contributed by atoms with Crippen LogP contribution in [0.1, 0.15) is 22.5 Å². The van der Waals surface area contributed by atoms with Crippen LogP contribution in [0.5, 0.6) is 0 Å². The second-order valence-electron chi connectivity index (χ2n) is 6.58. The largest absolute Gasteiger partial charge is 0.378 e. The number of hydrogen-bond donors (Lipinski definition) is 0. The standard InChI is InChI=1S/C19H20ClFN4O/c1-12-9-18(24-5-7-26-8-6-24)25-19(22-12)15(13(2)23-25)10-14-3-4-16(20)17(21)11-14/h3-4,9,11H,5-8,10H2,1-2H3. The number of morpholine rings is 1. The SMILES string of the molecule is Cc1cc(N2CCOCC2)n2nc(C)c(Cc3ccc(Cl)c(F)c3)c2n1. The first-order chi connectivity index (χ1) is 12.5. The van der Waals surface area contributed by atoms with Gasteiger partial charge in [0.2, 0.25) is 0 Å². The summed E-state index contributed by atoms with van der Waals surface area (Å²) in [5, 5.41) is 4.85. The number of benzene rings is 1. The maximum absolute atomic E-state index is 13.8. The molecule has 26 heavy (non-hydrogen) atoms. The van der Waals surface area contributed by atoms with Crippen LogP contribution in [0.25, 0.3) is 5.65 Å². The highest BCUT2D eigenvalue weighted by Gasteiger charge is 2.20. The van der Waals surface area contributed by atoms with Crippen molar-refractivity contribution < 1.29 is 9.13 Å². The van der Waals surface area contributed by atoms with Crippen molar-refractivity contribution in [1.82, 2.24) is 14.6 Å². The van der Waals surface area contributed by atoms with E-state index in [0.29, 0.717) is 19.6 Å². The van der Waals surface area contributed by atoms with E-state index >= 15 is 0 Å². The molecule has 4 rings (SSSR count). The fourth-order valence-electron chi connectivity index (χ4n) is 3.35. The van der Waals surface area contributed by atoms with E-state index in [4.69, 9.17) is 26.4 Å². The minimum atomic E-state index is -0.406. The van der Waals surface area contributed by atoms with E-state index in [9.17, 15) is 4.39 Å². The van der Waals surface area contributed by atoms with Gasteiger partial charge in [0.15, 0.2) is 5.65 Å². The smallest absolute Gasteiger partial charge is 0.161 e. The van der Waals surface area contributed by atoms with Crippen molar-refractivity contribution in [3.63, 3.8) is 0 Å². The van der Waals surface area contributed by atoms with Crippen LogP contribution in [-0.4, -0.2) is 40.9 Å². The molecule has 3 aromatic rings. The Morgan fingerprint density at radius 1 is 1.19 bits per heavy atom. The predicted molar refractivity (Wildman–Crippen MR) is 99.7 cm³/mol. The first-order valence-corrected chi connectivity index (χ1v) is 9.03. The van der Waals surface area contributed by atoms with Crippen LogP contribution < -0.4 is 4.90 Å². The van der Waals surface area contributed by atoms with Gasteiger partial charge < -0.3 is 9.64 Å². The van der Waals surface area contributed by atoms with Crippen LogP contribution in [-0.2, 0) is 11.2 Å². The number of hydrogen-bond acceptors (Lipinski definition) is 4. The fourth-order valence-corrected chi connectivity index (χ4v) is 3.47. The number of rotatable bonds is 3. The number of fused-ring (bicyclic) bond motifs is 1. The summed E-state index contributed by atoms with van der Waals surface area (Å²) in [4.78, 5) is 6.98. The second kappa shape index (κ2) is 6.85. The average molecular weight is 375 g/mol. The van der Waals surface area contributed by atoms with Crippen LogP contribution in [0.3, 0.4) is 0 Å². The van der Waals surface area contributed by atoms with Gasteiger partial charge >= 0.3 is 0 Å². The Hall–Kier alpha value is -2.18. The monoisotopic (exact) mass is 374 g/mol. The van der Waals surface area contributed by atoms with Gasteiger partial charge in [0, 0.05) is 36.8 Å². The highest BCUT2D eigenvalue weighted by molar-refractivity contribution is 6.30. The molecule has 136 valence electrons. The van der Waals surface area contributed by atoms with Crippen molar-refractivity contribution in [2.75, 3.05) is 31.2 Å². The molecule has 0 radical (unpaired) electrons. The molecule has 1 fully saturated rings. The number of ether oxygens (including phenoxy) is 1. The number of halogens is 2. The Kier molecular flexibility index (Phi) is 4.54. The maximum atomic E-state index is 13.8. The Labute approximate surface area is 156 Å². The van der Waals surface area contributed by atoms with Crippen LogP contribution in [0, 0.1) is 19.7 Å². The topological polar surface area (TPSA) is 42.7 Å². The summed E-state index contributed by atoms with van der Waals surface area (Å²) < 4.78 is 21.2. The molecule has 0 N–H and O–H groups in total. The molecule has 0 bridgehead atoms. The molecule has 3 heterocycles. The second-order valence-corrected chi connectivity index (χ2v) is 6.99. The van der Waals surface area contributed by atoms with Crippen LogP contribution in [0.4, 0.5) is 10.2 Å². The zero-order chi connectivity index (χ0) is 18.3. The molecule has 1 saturated heterocycles. The van der Waals surface area contributed by atoms with Gasteiger partial charge in [-0.2, -0.15) is 9.61 Å². The maximum Gasteiger partial charge on any atom is 0.161 e. The molecule has 0 unspecified atom stereocenters. The van der Waals surface area contributed by atoms with Gasteiger partial charge in [-0.05, 0) is 31.5 Å². The molecule has 2 aromatic heterocycles. The third-order valence-electron chi connectivity index (χ3n) is 4.69. The minimum absolute atomic E-state index is 0.133. The third kappa shape index (κ3) is 3.15. The average Bonchev–Trinajstić information content (AvgIpc) is 2.94. The van der Waals surface area contributed by atoms with Gasteiger partial charge in [-0.25, -0.2) is 9.37 Å². The molecular weight excluding hydrogens is 355 g/mol. The summed E-state index contributed by atoms with van der Waals surface area (Å²) in [7, 11) is 0. The summed E-state index contributed by atoms with van der Waals surface area (Å²) in [5.74, 6) is 0.615. The Morgan fingerprint density at radius 3 is 2.69 bits per heavy atom. The lowest BCUT2D eigenvalue weighted by molar-refractivity contribution is 0.122. The lowest BCUT2D eigenvalue weighted by atomic mass is 10.1. The van der Waals surface area contributed by atoms with Gasteiger partial charge in [-0.1, -0.05) is 17.7 Å². The Bertz CT molecular complexity index is 966. The molecule has 0 saturated carbocycles. The van der Waals surface area contributed by atoms with Crippen molar-refractivity contribution in [1.29, 1.82) is 0 Å². The van der Waals surface area contributed by atoms with E-state index in [-0.39, 0.29) is 5.02 Å². The molecule has 5 nitrogen and oxygen atoms in total. The van der Waals surface area contributed by atoms with Gasteiger partial charge in [-0.3, -0.25) is 0 Å². The van der Waals surface area contributed by atoms with Crippen molar-refractivity contribution in [2.45, 2.75) is 20.3 Å². The molecular formula is C19H20ClFN4O. The van der Waals surface area contributed by atoms with Gasteiger partial charge in [0.1, 0.15) is 11.6 Å². The molecule has 1 aliphatic heterocycles. The quantitative estimate of drug-likeness (QED) is 0.703. The summed E-state index contributed by atoms with van der Waals surface area (Å²) in [6.45, 7) is 7.02. The summed E-state index contributed by atoms with van der Waals surface area (Å²) in [5.41, 5.74) is 4.50. The molecule has 0 atom stereocenters. The normalized spacial score (nSPS) is 15.0. The van der Waals surface area contributed by atoms with E-state index in [1.807, 2.05) is 24.4 Å². The zero-order valence-electron chi connectivity index (χ0n) is 14.8. The number of aryl methyl sites for hydroxylation is 2. The Balaban J connectivity index is 1.79. The molecule has 1 aliphatic rings. The van der Waals surface area contributed by atoms with Gasteiger partial charge in [0.05, 0.1) is 23.9 Å². The highest BCUT2D eigenvalue weighted by Crippen LogP contribution is 2.25. The van der Waals surface area contributed by atoms with E-state index in [1.54, 1.807) is 6.07 Å². The molecule has 0 aliphatic carbocycles. The van der Waals surface area contributed by atoms with E-state index in [0.717, 1.165) is 47.1 Å². The first kappa shape index (κ1) is 17.2. The van der Waals surface area contributed by atoms with Crippen LogP contribution in [0.2, 0.25) is 5.02 Å². The molecule has 0 spiro atoms. The molecule has 1 aromatic carbocycles. The van der Waals surface area contributed by atoms with Gasteiger partial charge in [0.25, 0.3) is 0 Å². The number of aromatic nitrogens is 3. The number of nitrogens with zero attached hydrogens (tertiary/aromatic N) is 4. The van der Waals surface area contributed by atoms with Crippen molar-refractivity contribution in [3.8, 4) is 0 Å². The lowest BCUT2D eigenvalue weighted by Crippen LogP contribution is -2.37. The number of anilines is 1. The molecule has 7 heteroatoms. The fraction of sp³-hybridized carbons (Fsp3) is 0.368. The third-order valence-corrected chi connectivity index (χ3v) is 5.00. The predicted octanol–water partition coefficient (Wildman–Crippen LogP) is 3.57. The van der Waals surface area contributed by atoms with E-state index in [2.05, 4.69) is 11.0 Å². The Morgan fingerprint density at radius 2 is 1.96 bits per heavy atom. The van der Waals surface area contributed by atoms with Crippen molar-refractivity contribution in [3.05, 3.63) is 57.6 Å². The minimum Gasteiger partial charge on any atom is -0.378 e. The van der Waals surface area contributed by atoms with Crippen LogP contribution in [0.15, 0.2) is 24.3 Å². The molecule has 0 amide bonds. The highest BCUT2D eigenvalue weighted by atomic mass is 35.5.